The fraction of sp³-hybridized carbons (Fsp3) is 0. The molecule has 0 aliphatic carbocycles. The van der Waals surface area contributed by atoms with Gasteiger partial charge in [-0.05, 0) is 0 Å². The third-order valence-corrected chi connectivity index (χ3v) is 0. The Bertz CT molecular complexity index is 79.1. The second kappa shape index (κ2) is 199. The summed E-state index contributed by atoms with van der Waals surface area (Å²) in [6, 6.07) is 0. The van der Waals surface area contributed by atoms with Gasteiger partial charge < -0.3 is 47.2 Å². The van der Waals surface area contributed by atoms with Gasteiger partial charge in [-0.3, -0.25) is 0 Å². The summed E-state index contributed by atoms with van der Waals surface area (Å²) in [6.45, 7) is 0. The van der Waals surface area contributed by atoms with Crippen LogP contribution in [0.5, 0.6) is 0 Å². The van der Waals surface area contributed by atoms with Crippen molar-refractivity contribution in [2.24, 2.45) is 0 Å². The number of thiocyanates is 2. The molecule has 0 aliphatic rings. The zero-order chi connectivity index (χ0) is 5.41. The maximum absolute atomic E-state index is 7.13. The minimum atomic E-state index is 0. The topological polar surface area (TPSA) is 174 Å². The van der Waals surface area contributed by atoms with Gasteiger partial charge in [0.1, 0.15) is 0 Å². The summed E-state index contributed by atoms with van der Waals surface area (Å²) in [4.78, 5) is 0. The molecular weight excluding hydrogens is 204 g/mol. The van der Waals surface area contributed by atoms with Crippen LogP contribution < -0.4 is 0 Å². The van der Waals surface area contributed by atoms with E-state index >= 15 is 0 Å². The van der Waals surface area contributed by atoms with Gasteiger partial charge in [0.25, 0.3) is 0 Å². The van der Waals surface area contributed by atoms with Crippen molar-refractivity contribution in [2.45, 2.75) is 0 Å². The quantitative estimate of drug-likeness (QED) is 0.229. The molecule has 0 saturated carbocycles. The second-order valence-corrected chi connectivity index (χ2v) is 0.548. The Morgan fingerprint density at radius 2 is 0.727 bits per heavy atom. The monoisotopic (exact) mass is 212 g/mol. The largest absolute Gasteiger partial charge is 2.00 e. The molecule has 11 heavy (non-hydrogen) atoms. The van der Waals surface area contributed by atoms with Crippen LogP contribution in [0, 0.1) is 21.3 Å². The standard InChI is InChI=1S/2CHNS.Mg.4H2O/c2*2-1-3;;;;;/h2*3H;;4*1H2/q;;+2;;;;/p-2. The molecular formula is C2H8MgN2O4S2. The Labute approximate surface area is 91.4 Å². The predicted octanol–water partition coefficient (Wildman–Crippen LogP) is -3.65. The van der Waals surface area contributed by atoms with Gasteiger partial charge in [0.15, 0.2) is 0 Å². The Morgan fingerprint density at radius 3 is 0.727 bits per heavy atom. The van der Waals surface area contributed by atoms with Crippen LogP contribution in [-0.2, 0) is 25.3 Å². The van der Waals surface area contributed by atoms with E-state index in [4.69, 9.17) is 10.5 Å². The first-order valence-electron chi connectivity index (χ1n) is 0.855. The van der Waals surface area contributed by atoms with E-state index in [0.717, 1.165) is 0 Å². The first-order chi connectivity index (χ1) is 2.83. The smallest absolute Gasteiger partial charge is 0.696 e. The van der Waals surface area contributed by atoms with Crippen LogP contribution in [0.2, 0.25) is 0 Å². The average molecular weight is 213 g/mol. The van der Waals surface area contributed by atoms with E-state index in [2.05, 4.69) is 25.3 Å². The van der Waals surface area contributed by atoms with Crippen molar-refractivity contribution in [3.63, 3.8) is 0 Å². The minimum absolute atomic E-state index is 0. The summed E-state index contributed by atoms with van der Waals surface area (Å²) in [5.41, 5.74) is 0. The van der Waals surface area contributed by atoms with Crippen LogP contribution in [0.3, 0.4) is 0 Å². The summed E-state index contributed by atoms with van der Waals surface area (Å²) < 4.78 is 0. The molecule has 0 aromatic carbocycles. The zero-order valence-electron chi connectivity index (χ0n) is 5.42. The van der Waals surface area contributed by atoms with Gasteiger partial charge in [-0.1, -0.05) is 10.8 Å². The molecule has 64 valence electrons. The Kier molecular flexibility index (Phi) is 1240. The van der Waals surface area contributed by atoms with Crippen molar-refractivity contribution in [1.82, 2.24) is 0 Å². The van der Waals surface area contributed by atoms with E-state index in [9.17, 15) is 0 Å². The number of nitrogens with zero attached hydrogens (tertiary/aromatic N) is 2. The summed E-state index contributed by atoms with van der Waals surface area (Å²) in [5, 5.41) is 16.9. The normalized spacial score (nSPS) is 1.27. The van der Waals surface area contributed by atoms with Crippen molar-refractivity contribution in [3.05, 3.63) is 0 Å². The molecule has 0 radical (unpaired) electrons. The van der Waals surface area contributed by atoms with Crippen molar-refractivity contribution >= 4 is 48.3 Å². The van der Waals surface area contributed by atoms with Crippen molar-refractivity contribution < 1.29 is 21.9 Å². The molecule has 0 unspecified atom stereocenters. The first-order valence-corrected chi connectivity index (χ1v) is 1.67. The number of hydrogen-bond donors (Lipinski definition) is 0. The SMILES string of the molecule is N#C[S-].N#C[S-].O.O.O.O.[Mg+2]. The van der Waals surface area contributed by atoms with Gasteiger partial charge in [0.05, 0.1) is 0 Å². The van der Waals surface area contributed by atoms with Gasteiger partial charge in [0, 0.05) is 0 Å². The van der Waals surface area contributed by atoms with E-state index in [-0.39, 0.29) is 45.0 Å². The summed E-state index contributed by atoms with van der Waals surface area (Å²) in [7, 11) is 0. The van der Waals surface area contributed by atoms with Gasteiger partial charge in [-0.25, -0.2) is 10.5 Å². The van der Waals surface area contributed by atoms with Gasteiger partial charge in [-0.15, -0.1) is 0 Å². The predicted molar refractivity (Wildman–Crippen MR) is 46.2 cm³/mol. The van der Waals surface area contributed by atoms with Gasteiger partial charge >= 0.3 is 23.1 Å². The van der Waals surface area contributed by atoms with Crippen LogP contribution in [-0.4, -0.2) is 45.0 Å². The molecule has 0 spiro atoms. The zero-order valence-corrected chi connectivity index (χ0v) is 8.47. The molecule has 0 bridgehead atoms. The van der Waals surface area contributed by atoms with Crippen molar-refractivity contribution in [3.8, 4) is 10.8 Å². The van der Waals surface area contributed by atoms with Crippen molar-refractivity contribution in [1.29, 1.82) is 10.5 Å². The van der Waals surface area contributed by atoms with E-state index in [1.165, 1.54) is 10.8 Å². The third-order valence-electron chi connectivity index (χ3n) is 0. The molecule has 0 amide bonds. The molecule has 6 nitrogen and oxygen atoms in total. The molecule has 0 aromatic rings. The summed E-state index contributed by atoms with van der Waals surface area (Å²) in [5.74, 6) is 0. The maximum Gasteiger partial charge on any atom is 2.00 e. The Balaban J connectivity index is -0.00000000400. The average Bonchev–Trinajstić information content (AvgIpc) is 1.39. The Hall–Kier alpha value is 0.0262. The first kappa shape index (κ1) is 68.4. The van der Waals surface area contributed by atoms with E-state index < -0.39 is 0 Å². The summed E-state index contributed by atoms with van der Waals surface area (Å²) >= 11 is 7.40. The minimum Gasteiger partial charge on any atom is -0.696 e. The molecule has 0 heterocycles. The fourth-order valence-corrected chi connectivity index (χ4v) is 0. The number of nitriles is 2. The second-order valence-electron chi connectivity index (χ2n) is 0.183. The molecule has 9 heteroatoms. The molecule has 0 saturated heterocycles. The molecule has 0 fully saturated rings. The van der Waals surface area contributed by atoms with Crippen LogP contribution in [0.25, 0.3) is 0 Å². The molecule has 0 aliphatic heterocycles. The molecule has 0 rings (SSSR count). The van der Waals surface area contributed by atoms with E-state index in [1.807, 2.05) is 0 Å². The van der Waals surface area contributed by atoms with Crippen LogP contribution in [0.15, 0.2) is 0 Å². The van der Waals surface area contributed by atoms with E-state index in [1.54, 1.807) is 0 Å². The number of hydrogen-bond acceptors (Lipinski definition) is 4. The van der Waals surface area contributed by atoms with Crippen LogP contribution in [0.1, 0.15) is 0 Å². The van der Waals surface area contributed by atoms with E-state index in [0.29, 0.717) is 0 Å². The molecule has 0 aromatic heterocycles. The molecule has 8 N–H and O–H groups in total. The van der Waals surface area contributed by atoms with Crippen LogP contribution in [0.4, 0.5) is 0 Å². The van der Waals surface area contributed by atoms with Crippen LogP contribution >= 0.6 is 0 Å². The van der Waals surface area contributed by atoms with Gasteiger partial charge in [-0.2, -0.15) is 0 Å². The number of rotatable bonds is 0. The summed E-state index contributed by atoms with van der Waals surface area (Å²) in [6.07, 6.45) is 0. The fourth-order valence-electron chi connectivity index (χ4n) is 0. The maximum atomic E-state index is 7.13. The third kappa shape index (κ3) is 939000. The van der Waals surface area contributed by atoms with Gasteiger partial charge in [0.2, 0.25) is 0 Å². The molecule has 0 atom stereocenters. The Morgan fingerprint density at radius 1 is 0.727 bits per heavy atom. The van der Waals surface area contributed by atoms with Crippen molar-refractivity contribution in [2.75, 3.05) is 0 Å².